The Morgan fingerprint density at radius 3 is 2.42 bits per heavy atom. The number of aromatic nitrogens is 3. The Labute approximate surface area is 213 Å². The molecule has 0 aliphatic rings. The third kappa shape index (κ3) is 4.76. The molecule has 0 saturated heterocycles. The SMILES string of the molecule is CNC(=O)c1c(-c2ccc(F)cc2)oc2ccc(-n3cc(C(=O)NCc4ccc(F)cn4)ncc3=O)cc12. The van der Waals surface area contributed by atoms with E-state index in [0.29, 0.717) is 27.9 Å². The average molecular weight is 515 g/mol. The predicted octanol–water partition coefficient (Wildman–Crippen LogP) is 3.61. The van der Waals surface area contributed by atoms with Gasteiger partial charge in [0, 0.05) is 29.9 Å². The standard InChI is InChI=1S/C27H19F2N5O4/c1-30-27(37)24-20-10-19(8-9-22(20)38-25(24)15-2-4-16(28)5-3-15)34-14-21(32-13-23(34)35)26(36)33-12-18-7-6-17(29)11-31-18/h2-11,13-14H,12H2,1H3,(H,30,37)(H,33,36). The highest BCUT2D eigenvalue weighted by molar-refractivity contribution is 6.11. The number of rotatable bonds is 6. The predicted molar refractivity (Wildman–Crippen MR) is 134 cm³/mol. The van der Waals surface area contributed by atoms with Crippen molar-refractivity contribution in [1.82, 2.24) is 25.2 Å². The van der Waals surface area contributed by atoms with Gasteiger partial charge in [-0.25, -0.2) is 13.8 Å². The molecule has 2 aromatic carbocycles. The summed E-state index contributed by atoms with van der Waals surface area (Å²) in [5.41, 5.74) is 1.33. The van der Waals surface area contributed by atoms with E-state index in [9.17, 15) is 23.2 Å². The van der Waals surface area contributed by atoms with Crippen LogP contribution >= 0.6 is 0 Å². The van der Waals surface area contributed by atoms with Gasteiger partial charge in [0.1, 0.15) is 28.7 Å². The van der Waals surface area contributed by atoms with Gasteiger partial charge in [-0.3, -0.25) is 23.9 Å². The maximum atomic E-state index is 13.5. The van der Waals surface area contributed by atoms with Crippen LogP contribution < -0.4 is 16.2 Å². The number of hydrogen-bond acceptors (Lipinski definition) is 6. The Morgan fingerprint density at radius 1 is 0.947 bits per heavy atom. The number of pyridine rings is 1. The molecule has 0 aliphatic heterocycles. The first-order chi connectivity index (χ1) is 18.3. The quantitative estimate of drug-likeness (QED) is 0.357. The summed E-state index contributed by atoms with van der Waals surface area (Å²) < 4.78 is 33.7. The highest BCUT2D eigenvalue weighted by atomic mass is 19.1. The molecule has 0 bridgehead atoms. The monoisotopic (exact) mass is 515 g/mol. The van der Waals surface area contributed by atoms with Gasteiger partial charge in [0.2, 0.25) is 0 Å². The molecule has 0 unspecified atom stereocenters. The first-order valence-corrected chi connectivity index (χ1v) is 11.4. The highest BCUT2D eigenvalue weighted by Crippen LogP contribution is 2.34. The van der Waals surface area contributed by atoms with E-state index in [1.165, 1.54) is 54.2 Å². The summed E-state index contributed by atoms with van der Waals surface area (Å²) in [4.78, 5) is 46.0. The summed E-state index contributed by atoms with van der Waals surface area (Å²) in [6.07, 6.45) is 3.33. The van der Waals surface area contributed by atoms with E-state index in [0.717, 1.165) is 12.4 Å². The number of furan rings is 1. The first kappa shape index (κ1) is 24.5. The van der Waals surface area contributed by atoms with Crippen LogP contribution in [0.25, 0.3) is 28.0 Å². The molecule has 0 spiro atoms. The minimum atomic E-state index is -0.570. The number of halogens is 2. The molecule has 0 atom stereocenters. The Balaban J connectivity index is 1.52. The summed E-state index contributed by atoms with van der Waals surface area (Å²) in [6, 6.07) is 13.0. The minimum absolute atomic E-state index is 0.0303. The molecule has 0 fully saturated rings. The third-order valence-corrected chi connectivity index (χ3v) is 5.76. The fourth-order valence-electron chi connectivity index (χ4n) is 3.89. The largest absolute Gasteiger partial charge is 0.455 e. The van der Waals surface area contributed by atoms with Crippen molar-refractivity contribution in [2.24, 2.45) is 0 Å². The smallest absolute Gasteiger partial charge is 0.273 e. The molecule has 5 aromatic rings. The van der Waals surface area contributed by atoms with Crippen molar-refractivity contribution in [3.63, 3.8) is 0 Å². The van der Waals surface area contributed by atoms with Gasteiger partial charge in [-0.2, -0.15) is 0 Å². The average Bonchev–Trinajstić information content (AvgIpc) is 3.31. The minimum Gasteiger partial charge on any atom is -0.455 e. The number of nitrogens with zero attached hydrogens (tertiary/aromatic N) is 3. The zero-order valence-corrected chi connectivity index (χ0v) is 19.9. The zero-order valence-electron chi connectivity index (χ0n) is 19.9. The maximum absolute atomic E-state index is 13.5. The second-order valence-corrected chi connectivity index (χ2v) is 8.20. The second-order valence-electron chi connectivity index (χ2n) is 8.20. The van der Waals surface area contributed by atoms with Gasteiger partial charge in [0.05, 0.1) is 30.2 Å². The summed E-state index contributed by atoms with van der Waals surface area (Å²) in [7, 11) is 1.47. The molecule has 3 heterocycles. The zero-order chi connectivity index (χ0) is 26.8. The Kier molecular flexibility index (Phi) is 6.48. The second kappa shape index (κ2) is 10.1. The number of nitrogens with one attached hydrogen (secondary N) is 2. The normalized spacial score (nSPS) is 10.9. The van der Waals surface area contributed by atoms with E-state index in [4.69, 9.17) is 4.42 Å². The van der Waals surface area contributed by atoms with Crippen LogP contribution in [0.2, 0.25) is 0 Å². The Morgan fingerprint density at radius 2 is 1.71 bits per heavy atom. The fraction of sp³-hybridized carbons (Fsp3) is 0.0741. The van der Waals surface area contributed by atoms with E-state index in [1.807, 2.05) is 0 Å². The molecule has 2 amide bonds. The Hall–Kier alpha value is -5.19. The maximum Gasteiger partial charge on any atom is 0.273 e. The summed E-state index contributed by atoms with van der Waals surface area (Å²) >= 11 is 0. The number of carbonyl (C=O) groups is 2. The van der Waals surface area contributed by atoms with Crippen LogP contribution in [0.3, 0.4) is 0 Å². The van der Waals surface area contributed by atoms with Crippen molar-refractivity contribution in [1.29, 1.82) is 0 Å². The third-order valence-electron chi connectivity index (χ3n) is 5.76. The van der Waals surface area contributed by atoms with Crippen molar-refractivity contribution in [3.05, 3.63) is 112 Å². The van der Waals surface area contributed by atoms with Crippen molar-refractivity contribution < 1.29 is 22.8 Å². The molecule has 9 nitrogen and oxygen atoms in total. The van der Waals surface area contributed by atoms with Crippen LogP contribution in [0.5, 0.6) is 0 Å². The number of fused-ring (bicyclic) bond motifs is 1. The van der Waals surface area contributed by atoms with Crippen LogP contribution in [0.15, 0.2) is 82.4 Å². The van der Waals surface area contributed by atoms with E-state index >= 15 is 0 Å². The molecule has 11 heteroatoms. The van der Waals surface area contributed by atoms with Gasteiger partial charge in [0.25, 0.3) is 17.4 Å². The molecular weight excluding hydrogens is 496 g/mol. The molecular formula is C27H19F2N5O4. The first-order valence-electron chi connectivity index (χ1n) is 11.4. The summed E-state index contributed by atoms with van der Waals surface area (Å²) in [5.74, 6) is -1.68. The summed E-state index contributed by atoms with van der Waals surface area (Å²) in [5, 5.41) is 5.61. The van der Waals surface area contributed by atoms with Gasteiger partial charge in [-0.15, -0.1) is 0 Å². The van der Waals surface area contributed by atoms with E-state index < -0.39 is 29.0 Å². The van der Waals surface area contributed by atoms with Crippen molar-refractivity contribution in [2.75, 3.05) is 7.05 Å². The molecule has 2 N–H and O–H groups in total. The van der Waals surface area contributed by atoms with Gasteiger partial charge in [0.15, 0.2) is 0 Å². The van der Waals surface area contributed by atoms with Gasteiger partial charge in [-0.05, 0) is 54.6 Å². The van der Waals surface area contributed by atoms with Crippen LogP contribution in [0.1, 0.15) is 26.5 Å². The highest BCUT2D eigenvalue weighted by Gasteiger charge is 2.22. The molecule has 5 rings (SSSR count). The van der Waals surface area contributed by atoms with E-state index in [2.05, 4.69) is 20.6 Å². The van der Waals surface area contributed by atoms with Crippen molar-refractivity contribution >= 4 is 22.8 Å². The van der Waals surface area contributed by atoms with Crippen LogP contribution in [0, 0.1) is 11.6 Å². The van der Waals surface area contributed by atoms with Gasteiger partial charge >= 0.3 is 0 Å². The molecule has 190 valence electrons. The molecule has 0 radical (unpaired) electrons. The number of carbonyl (C=O) groups excluding carboxylic acids is 2. The van der Waals surface area contributed by atoms with Crippen LogP contribution in [0.4, 0.5) is 8.78 Å². The van der Waals surface area contributed by atoms with Crippen LogP contribution in [-0.2, 0) is 6.54 Å². The summed E-state index contributed by atoms with van der Waals surface area (Å²) in [6.45, 7) is 0.0303. The van der Waals surface area contributed by atoms with E-state index in [-0.39, 0.29) is 23.6 Å². The molecule has 0 saturated carbocycles. The van der Waals surface area contributed by atoms with Gasteiger partial charge in [-0.1, -0.05) is 0 Å². The van der Waals surface area contributed by atoms with Crippen molar-refractivity contribution in [2.45, 2.75) is 6.54 Å². The number of amides is 2. The lowest BCUT2D eigenvalue weighted by atomic mass is 10.0. The van der Waals surface area contributed by atoms with Gasteiger partial charge < -0.3 is 15.1 Å². The number of benzene rings is 2. The van der Waals surface area contributed by atoms with Crippen molar-refractivity contribution in [3.8, 4) is 17.0 Å². The van der Waals surface area contributed by atoms with Crippen LogP contribution in [-0.4, -0.2) is 33.4 Å². The molecule has 38 heavy (non-hydrogen) atoms. The molecule has 3 aromatic heterocycles. The lowest BCUT2D eigenvalue weighted by Gasteiger charge is -2.09. The fourth-order valence-corrected chi connectivity index (χ4v) is 3.89. The molecule has 0 aliphatic carbocycles. The number of hydrogen-bond donors (Lipinski definition) is 2. The van der Waals surface area contributed by atoms with E-state index in [1.54, 1.807) is 18.2 Å². The Bertz CT molecular complexity index is 1730. The topological polar surface area (TPSA) is 119 Å². The lowest BCUT2D eigenvalue weighted by molar-refractivity contribution is 0.0942. The lowest BCUT2D eigenvalue weighted by Crippen LogP contribution is -2.27.